The van der Waals surface area contributed by atoms with Crippen molar-refractivity contribution in [2.75, 3.05) is 13.6 Å². The van der Waals surface area contributed by atoms with Crippen LogP contribution in [-0.2, 0) is 6.42 Å². The molecule has 3 nitrogen and oxygen atoms in total. The van der Waals surface area contributed by atoms with Crippen LogP contribution in [0.25, 0.3) is 5.69 Å². The third kappa shape index (κ3) is 3.30. The predicted octanol–water partition coefficient (Wildman–Crippen LogP) is 3.65. The molecule has 0 aliphatic carbocycles. The lowest BCUT2D eigenvalue weighted by molar-refractivity contribution is 0.539. The van der Waals surface area contributed by atoms with Crippen LogP contribution >= 0.6 is 15.9 Å². The Labute approximate surface area is 129 Å². The Morgan fingerprint density at radius 3 is 2.50 bits per heavy atom. The van der Waals surface area contributed by atoms with E-state index in [4.69, 9.17) is 5.10 Å². The molecule has 0 spiro atoms. The Morgan fingerprint density at radius 2 is 1.90 bits per heavy atom. The first-order chi connectivity index (χ1) is 9.52. The van der Waals surface area contributed by atoms with Crippen molar-refractivity contribution >= 4 is 15.9 Å². The van der Waals surface area contributed by atoms with Crippen molar-refractivity contribution in [2.24, 2.45) is 5.92 Å². The third-order valence-corrected chi connectivity index (χ3v) is 4.15. The minimum atomic E-state index is 0.611. The van der Waals surface area contributed by atoms with E-state index in [9.17, 15) is 0 Å². The van der Waals surface area contributed by atoms with Crippen LogP contribution in [0.4, 0.5) is 0 Å². The van der Waals surface area contributed by atoms with Gasteiger partial charge in [0.25, 0.3) is 0 Å². The third-order valence-electron chi connectivity index (χ3n) is 3.62. The van der Waals surface area contributed by atoms with Gasteiger partial charge in [0, 0.05) is 10.2 Å². The average Bonchev–Trinajstić information content (AvgIpc) is 2.68. The fraction of sp³-hybridized carbons (Fsp3) is 0.438. The highest BCUT2D eigenvalue weighted by Crippen LogP contribution is 2.22. The zero-order chi connectivity index (χ0) is 14.7. The van der Waals surface area contributed by atoms with Gasteiger partial charge in [0.1, 0.15) is 0 Å². The van der Waals surface area contributed by atoms with Crippen LogP contribution in [0.2, 0.25) is 0 Å². The normalized spacial score (nSPS) is 12.7. The summed E-state index contributed by atoms with van der Waals surface area (Å²) in [5.74, 6) is 0.611. The number of hydrogen-bond donors (Lipinski definition) is 1. The summed E-state index contributed by atoms with van der Waals surface area (Å²) in [5, 5.41) is 7.94. The highest BCUT2D eigenvalue weighted by atomic mass is 79.9. The van der Waals surface area contributed by atoms with Crippen LogP contribution in [0, 0.1) is 19.8 Å². The molecule has 20 heavy (non-hydrogen) atoms. The zero-order valence-electron chi connectivity index (χ0n) is 12.6. The van der Waals surface area contributed by atoms with E-state index in [1.54, 1.807) is 0 Å². The Hall–Kier alpha value is -1.13. The molecular formula is C16H22BrN3. The lowest BCUT2D eigenvalue weighted by Gasteiger charge is -2.11. The molecule has 1 aromatic heterocycles. The summed E-state index contributed by atoms with van der Waals surface area (Å²) in [4.78, 5) is 0. The molecule has 1 atom stereocenters. The SMILES string of the molecule is CNCC(C)Cc1c(C)nn(-c2ccc(Br)cc2)c1C. The Balaban J connectivity index is 2.31. The highest BCUT2D eigenvalue weighted by Gasteiger charge is 2.15. The molecule has 1 N–H and O–H groups in total. The highest BCUT2D eigenvalue weighted by molar-refractivity contribution is 9.10. The smallest absolute Gasteiger partial charge is 0.0649 e. The zero-order valence-corrected chi connectivity index (χ0v) is 14.2. The molecule has 1 unspecified atom stereocenters. The first-order valence-corrected chi connectivity index (χ1v) is 7.78. The summed E-state index contributed by atoms with van der Waals surface area (Å²) in [7, 11) is 2.00. The molecule has 0 saturated carbocycles. The molecule has 0 amide bonds. The van der Waals surface area contributed by atoms with Gasteiger partial charge < -0.3 is 5.32 Å². The lowest BCUT2D eigenvalue weighted by atomic mass is 9.99. The van der Waals surface area contributed by atoms with Crippen LogP contribution in [0.15, 0.2) is 28.7 Å². The summed E-state index contributed by atoms with van der Waals surface area (Å²) in [6, 6.07) is 8.28. The quantitative estimate of drug-likeness (QED) is 0.903. The maximum Gasteiger partial charge on any atom is 0.0649 e. The van der Waals surface area contributed by atoms with Gasteiger partial charge in [0.2, 0.25) is 0 Å². The molecule has 0 radical (unpaired) electrons. The number of aryl methyl sites for hydroxylation is 1. The molecule has 2 aromatic rings. The van der Waals surface area contributed by atoms with Crippen LogP contribution in [-0.4, -0.2) is 23.4 Å². The summed E-state index contributed by atoms with van der Waals surface area (Å²) >= 11 is 3.47. The molecule has 0 saturated heterocycles. The first kappa shape index (κ1) is 15.3. The van der Waals surface area contributed by atoms with Gasteiger partial charge in [0.15, 0.2) is 0 Å². The minimum absolute atomic E-state index is 0.611. The molecule has 108 valence electrons. The van der Waals surface area contributed by atoms with Crippen molar-refractivity contribution < 1.29 is 0 Å². The summed E-state index contributed by atoms with van der Waals surface area (Å²) in [5.41, 5.74) is 4.86. The van der Waals surface area contributed by atoms with Crippen molar-refractivity contribution in [2.45, 2.75) is 27.2 Å². The molecule has 1 aromatic carbocycles. The number of aromatic nitrogens is 2. The topological polar surface area (TPSA) is 29.9 Å². The standard InChI is InChI=1S/C16H22BrN3/c1-11(10-18-4)9-16-12(2)19-20(13(16)3)15-7-5-14(17)6-8-15/h5-8,11,18H,9-10H2,1-4H3. The fourth-order valence-corrected chi connectivity index (χ4v) is 2.84. The van der Waals surface area contributed by atoms with E-state index in [-0.39, 0.29) is 0 Å². The largest absolute Gasteiger partial charge is 0.319 e. The van der Waals surface area contributed by atoms with Crippen molar-refractivity contribution in [3.05, 3.63) is 45.7 Å². The van der Waals surface area contributed by atoms with Gasteiger partial charge in [0.05, 0.1) is 11.4 Å². The van der Waals surface area contributed by atoms with E-state index in [0.29, 0.717) is 5.92 Å². The molecule has 0 bridgehead atoms. The molecule has 2 rings (SSSR count). The van der Waals surface area contributed by atoms with E-state index < -0.39 is 0 Å². The number of nitrogens with zero attached hydrogens (tertiary/aromatic N) is 2. The van der Waals surface area contributed by atoms with Gasteiger partial charge in [-0.05, 0) is 69.6 Å². The monoisotopic (exact) mass is 335 g/mol. The summed E-state index contributed by atoms with van der Waals surface area (Å²) in [6.07, 6.45) is 1.06. The Bertz CT molecular complexity index is 572. The molecule has 0 fully saturated rings. The van der Waals surface area contributed by atoms with E-state index in [1.165, 1.54) is 11.3 Å². The van der Waals surface area contributed by atoms with Crippen LogP contribution in [0.1, 0.15) is 23.9 Å². The van der Waals surface area contributed by atoms with Gasteiger partial charge in [-0.25, -0.2) is 4.68 Å². The summed E-state index contributed by atoms with van der Waals surface area (Å²) < 4.78 is 3.13. The first-order valence-electron chi connectivity index (χ1n) is 6.98. The molecule has 1 heterocycles. The molecule has 0 aliphatic rings. The van der Waals surface area contributed by atoms with Gasteiger partial charge in [-0.3, -0.25) is 0 Å². The Morgan fingerprint density at radius 1 is 1.25 bits per heavy atom. The van der Waals surface area contributed by atoms with E-state index >= 15 is 0 Å². The van der Waals surface area contributed by atoms with Crippen molar-refractivity contribution in [1.82, 2.24) is 15.1 Å². The van der Waals surface area contributed by atoms with E-state index in [2.05, 4.69) is 66.3 Å². The summed E-state index contributed by atoms with van der Waals surface area (Å²) in [6.45, 7) is 7.56. The molecular weight excluding hydrogens is 314 g/mol. The van der Waals surface area contributed by atoms with Gasteiger partial charge in [-0.2, -0.15) is 5.10 Å². The number of halogens is 1. The second kappa shape index (κ2) is 6.55. The van der Waals surface area contributed by atoms with Crippen molar-refractivity contribution in [3.63, 3.8) is 0 Å². The van der Waals surface area contributed by atoms with Crippen molar-refractivity contribution in [3.8, 4) is 5.69 Å². The maximum atomic E-state index is 4.70. The predicted molar refractivity (Wildman–Crippen MR) is 87.5 cm³/mol. The van der Waals surface area contributed by atoms with Crippen molar-refractivity contribution in [1.29, 1.82) is 0 Å². The van der Waals surface area contributed by atoms with Gasteiger partial charge in [-0.15, -0.1) is 0 Å². The minimum Gasteiger partial charge on any atom is -0.319 e. The maximum absolute atomic E-state index is 4.70. The number of hydrogen-bond acceptors (Lipinski definition) is 2. The number of rotatable bonds is 5. The average molecular weight is 336 g/mol. The lowest BCUT2D eigenvalue weighted by Crippen LogP contribution is -2.18. The van der Waals surface area contributed by atoms with Crippen LogP contribution in [0.3, 0.4) is 0 Å². The van der Waals surface area contributed by atoms with Gasteiger partial charge in [-0.1, -0.05) is 22.9 Å². The van der Waals surface area contributed by atoms with E-state index in [1.807, 2.05) is 11.7 Å². The fourth-order valence-electron chi connectivity index (χ4n) is 2.57. The second-order valence-corrected chi connectivity index (χ2v) is 6.32. The van der Waals surface area contributed by atoms with Crippen LogP contribution < -0.4 is 5.32 Å². The molecule has 4 heteroatoms. The van der Waals surface area contributed by atoms with E-state index in [0.717, 1.165) is 28.8 Å². The Kier molecular flexibility index (Phi) is 5.00. The number of nitrogens with one attached hydrogen (secondary N) is 1. The number of benzene rings is 1. The second-order valence-electron chi connectivity index (χ2n) is 5.40. The van der Waals surface area contributed by atoms with Crippen LogP contribution in [0.5, 0.6) is 0 Å². The molecule has 0 aliphatic heterocycles. The van der Waals surface area contributed by atoms with Gasteiger partial charge >= 0.3 is 0 Å².